The average molecular weight is 436 g/mol. The van der Waals surface area contributed by atoms with Crippen LogP contribution in [-0.4, -0.2) is 41.4 Å². The highest BCUT2D eigenvalue weighted by molar-refractivity contribution is 6.22. The number of carbonyl (C=O) groups is 3. The van der Waals surface area contributed by atoms with E-state index in [9.17, 15) is 14.4 Å². The van der Waals surface area contributed by atoms with Crippen molar-refractivity contribution >= 4 is 29.2 Å². The molecule has 7 heteroatoms. The molecule has 0 bridgehead atoms. The molecule has 2 fully saturated rings. The first kappa shape index (κ1) is 21.9. The second-order valence-electron chi connectivity index (χ2n) is 8.22. The Hall–Kier alpha value is -3.35. The van der Waals surface area contributed by atoms with Crippen LogP contribution in [0.4, 0.5) is 16.2 Å². The third-order valence-electron chi connectivity index (χ3n) is 6.06. The number of benzene rings is 2. The van der Waals surface area contributed by atoms with Crippen LogP contribution in [-0.2, 0) is 9.59 Å². The predicted molar refractivity (Wildman–Crippen MR) is 123 cm³/mol. The van der Waals surface area contributed by atoms with Crippen LogP contribution in [0.5, 0.6) is 5.75 Å². The molecule has 1 saturated carbocycles. The Morgan fingerprint density at radius 3 is 2.34 bits per heavy atom. The monoisotopic (exact) mass is 435 g/mol. The second-order valence-corrected chi connectivity index (χ2v) is 8.22. The molecular formula is C25H29N3O4. The topological polar surface area (TPSA) is 79.0 Å². The van der Waals surface area contributed by atoms with Gasteiger partial charge in [0.05, 0.1) is 18.7 Å². The molecule has 2 aromatic carbocycles. The lowest BCUT2D eigenvalue weighted by atomic mass is 9.93. The Bertz CT molecular complexity index is 955. The minimum Gasteiger partial charge on any atom is -0.494 e. The molecule has 0 unspecified atom stereocenters. The zero-order valence-corrected chi connectivity index (χ0v) is 18.3. The molecule has 4 rings (SSSR count). The first-order chi connectivity index (χ1) is 15.6. The van der Waals surface area contributed by atoms with Crippen molar-refractivity contribution < 1.29 is 19.1 Å². The van der Waals surface area contributed by atoms with Crippen LogP contribution >= 0.6 is 0 Å². The first-order valence-electron chi connectivity index (χ1n) is 11.3. The predicted octanol–water partition coefficient (Wildman–Crippen LogP) is 4.58. The van der Waals surface area contributed by atoms with E-state index in [4.69, 9.17) is 4.74 Å². The van der Waals surface area contributed by atoms with E-state index in [1.807, 2.05) is 13.0 Å². The molecule has 168 valence electrons. The Kier molecular flexibility index (Phi) is 6.73. The fourth-order valence-corrected chi connectivity index (χ4v) is 4.57. The van der Waals surface area contributed by atoms with E-state index in [1.54, 1.807) is 53.4 Å². The molecule has 1 N–H and O–H groups in total. The summed E-state index contributed by atoms with van der Waals surface area (Å²) in [5.41, 5.74) is 1.16. The summed E-state index contributed by atoms with van der Waals surface area (Å²) >= 11 is 0. The van der Waals surface area contributed by atoms with Crippen molar-refractivity contribution in [2.24, 2.45) is 0 Å². The van der Waals surface area contributed by atoms with Gasteiger partial charge in [-0.25, -0.2) is 9.69 Å². The molecule has 2 aliphatic rings. The molecule has 1 aliphatic carbocycles. The van der Waals surface area contributed by atoms with Crippen molar-refractivity contribution in [2.45, 2.75) is 57.5 Å². The summed E-state index contributed by atoms with van der Waals surface area (Å²) < 4.78 is 5.43. The number of carbonyl (C=O) groups excluding carboxylic acids is 3. The Morgan fingerprint density at radius 2 is 1.69 bits per heavy atom. The van der Waals surface area contributed by atoms with Crippen molar-refractivity contribution in [3.63, 3.8) is 0 Å². The van der Waals surface area contributed by atoms with Crippen LogP contribution in [0, 0.1) is 0 Å². The minimum atomic E-state index is -0.798. The molecular weight excluding hydrogens is 406 g/mol. The van der Waals surface area contributed by atoms with Gasteiger partial charge in [-0.15, -0.1) is 0 Å². The molecule has 1 atom stereocenters. The number of rotatable bonds is 7. The number of nitrogens with zero attached hydrogens (tertiary/aromatic N) is 2. The maximum atomic E-state index is 13.4. The standard InChI is InChI=1S/C25H29N3O4/c1-2-32-21-15-13-18(14-16-21)26-23(29)17-22-24(30)28(20-11-7-4-8-12-20)25(31)27(22)19-9-5-3-6-10-19/h4,7-8,11-16,19,22H,2-3,5-6,9-10,17H2,1H3,(H,26,29)/t22-/m0/s1. The Labute approximate surface area is 188 Å². The maximum absolute atomic E-state index is 13.4. The van der Waals surface area contributed by atoms with Crippen molar-refractivity contribution in [1.29, 1.82) is 0 Å². The molecule has 32 heavy (non-hydrogen) atoms. The SMILES string of the molecule is CCOc1ccc(NC(=O)C[C@H]2C(=O)N(c3ccccc3)C(=O)N2C2CCCCC2)cc1. The highest BCUT2D eigenvalue weighted by atomic mass is 16.5. The van der Waals surface area contributed by atoms with Crippen LogP contribution in [0.2, 0.25) is 0 Å². The number of nitrogens with one attached hydrogen (secondary N) is 1. The lowest BCUT2D eigenvalue weighted by Crippen LogP contribution is -2.45. The number of hydrogen-bond acceptors (Lipinski definition) is 4. The molecule has 4 amide bonds. The van der Waals surface area contributed by atoms with Crippen LogP contribution in [0.25, 0.3) is 0 Å². The van der Waals surface area contributed by atoms with Gasteiger partial charge in [0.25, 0.3) is 5.91 Å². The highest BCUT2D eigenvalue weighted by Gasteiger charge is 2.49. The smallest absolute Gasteiger partial charge is 0.332 e. The van der Waals surface area contributed by atoms with Crippen molar-refractivity contribution in [3.05, 3.63) is 54.6 Å². The van der Waals surface area contributed by atoms with Gasteiger partial charge in [-0.3, -0.25) is 9.59 Å². The number of para-hydroxylation sites is 1. The summed E-state index contributed by atoms with van der Waals surface area (Å²) in [5, 5.41) is 2.85. The zero-order valence-electron chi connectivity index (χ0n) is 18.3. The Balaban J connectivity index is 1.52. The third kappa shape index (κ3) is 4.61. The van der Waals surface area contributed by atoms with E-state index in [0.29, 0.717) is 18.0 Å². The van der Waals surface area contributed by atoms with E-state index in [1.165, 1.54) is 4.90 Å². The summed E-state index contributed by atoms with van der Waals surface area (Å²) in [5.74, 6) is 0.0914. The number of amides is 4. The number of hydrogen-bond donors (Lipinski definition) is 1. The Morgan fingerprint density at radius 1 is 1.00 bits per heavy atom. The molecule has 0 spiro atoms. The van der Waals surface area contributed by atoms with Gasteiger partial charge in [-0.1, -0.05) is 37.5 Å². The van der Waals surface area contributed by atoms with Gasteiger partial charge in [0, 0.05) is 11.7 Å². The number of anilines is 2. The number of ether oxygens (including phenoxy) is 1. The van der Waals surface area contributed by atoms with E-state index >= 15 is 0 Å². The first-order valence-corrected chi connectivity index (χ1v) is 11.3. The molecule has 0 aromatic heterocycles. The molecule has 1 heterocycles. The second kappa shape index (κ2) is 9.85. The van der Waals surface area contributed by atoms with Gasteiger partial charge >= 0.3 is 6.03 Å². The molecule has 1 saturated heterocycles. The summed E-state index contributed by atoms with van der Waals surface area (Å²) in [6.07, 6.45) is 4.84. The van der Waals surface area contributed by atoms with E-state index in [0.717, 1.165) is 37.9 Å². The van der Waals surface area contributed by atoms with Gasteiger partial charge in [0.1, 0.15) is 11.8 Å². The van der Waals surface area contributed by atoms with Gasteiger partial charge in [0.2, 0.25) is 5.91 Å². The van der Waals surface area contributed by atoms with Crippen LogP contribution < -0.4 is 15.0 Å². The molecule has 0 radical (unpaired) electrons. The van der Waals surface area contributed by atoms with Gasteiger partial charge < -0.3 is 15.0 Å². The summed E-state index contributed by atoms with van der Waals surface area (Å²) in [6.45, 7) is 2.48. The average Bonchev–Trinajstić information content (AvgIpc) is 3.05. The van der Waals surface area contributed by atoms with Crippen molar-refractivity contribution in [3.8, 4) is 5.75 Å². The van der Waals surface area contributed by atoms with Gasteiger partial charge in [-0.05, 0) is 56.2 Å². The van der Waals surface area contributed by atoms with Crippen molar-refractivity contribution in [2.75, 3.05) is 16.8 Å². The highest BCUT2D eigenvalue weighted by Crippen LogP contribution is 2.33. The van der Waals surface area contributed by atoms with Crippen molar-refractivity contribution in [1.82, 2.24) is 4.90 Å². The summed E-state index contributed by atoms with van der Waals surface area (Å²) in [6, 6.07) is 14.9. The minimum absolute atomic E-state index is 0.0165. The van der Waals surface area contributed by atoms with E-state index in [2.05, 4.69) is 5.32 Å². The summed E-state index contributed by atoms with van der Waals surface area (Å²) in [4.78, 5) is 42.4. The van der Waals surface area contributed by atoms with Crippen LogP contribution in [0.15, 0.2) is 54.6 Å². The van der Waals surface area contributed by atoms with E-state index < -0.39 is 6.04 Å². The maximum Gasteiger partial charge on any atom is 0.332 e. The molecule has 1 aliphatic heterocycles. The lowest BCUT2D eigenvalue weighted by molar-refractivity contribution is -0.125. The zero-order chi connectivity index (χ0) is 22.5. The van der Waals surface area contributed by atoms with Crippen LogP contribution in [0.1, 0.15) is 45.4 Å². The van der Waals surface area contributed by atoms with Crippen LogP contribution in [0.3, 0.4) is 0 Å². The largest absolute Gasteiger partial charge is 0.494 e. The van der Waals surface area contributed by atoms with Gasteiger partial charge in [0.15, 0.2) is 0 Å². The molecule has 7 nitrogen and oxygen atoms in total. The normalized spacial score (nSPS) is 19.3. The van der Waals surface area contributed by atoms with E-state index in [-0.39, 0.29) is 30.3 Å². The quantitative estimate of drug-likeness (QED) is 0.646. The lowest BCUT2D eigenvalue weighted by Gasteiger charge is -2.33. The number of urea groups is 1. The third-order valence-corrected chi connectivity index (χ3v) is 6.06. The number of imide groups is 1. The fraction of sp³-hybridized carbons (Fsp3) is 0.400. The fourth-order valence-electron chi connectivity index (χ4n) is 4.57. The molecule has 2 aromatic rings. The van der Waals surface area contributed by atoms with Gasteiger partial charge in [-0.2, -0.15) is 0 Å². The summed E-state index contributed by atoms with van der Waals surface area (Å²) in [7, 11) is 0.